The lowest BCUT2D eigenvalue weighted by atomic mass is 10.0. The van der Waals surface area contributed by atoms with Crippen molar-refractivity contribution in [3.05, 3.63) is 35.0 Å². The topological polar surface area (TPSA) is 134 Å². The second-order valence-corrected chi connectivity index (χ2v) is 10.4. The van der Waals surface area contributed by atoms with Gasteiger partial charge in [0.2, 0.25) is 10.0 Å². The number of carbonyl (C=O) groups excluding carboxylic acids is 3. The molecule has 0 aromatic heterocycles. The molecular weight excluding hydrogens is 488 g/mol. The summed E-state index contributed by atoms with van der Waals surface area (Å²) in [6.45, 7) is 8.60. The first-order valence-corrected chi connectivity index (χ1v) is 13.6. The maximum atomic E-state index is 13.3. The zero-order valence-electron chi connectivity index (χ0n) is 21.1. The van der Waals surface area contributed by atoms with Crippen molar-refractivity contribution in [2.24, 2.45) is 0 Å². The molecule has 0 radical (unpaired) electrons. The third-order valence-corrected chi connectivity index (χ3v) is 8.24. The Bertz CT molecular complexity index is 1140. The normalized spacial score (nSPS) is 18.2. The van der Waals surface area contributed by atoms with Crippen LogP contribution in [0.4, 0.5) is 10.5 Å². The van der Waals surface area contributed by atoms with Crippen molar-refractivity contribution in [2.75, 3.05) is 44.3 Å². The Morgan fingerprint density at radius 3 is 2.36 bits per heavy atom. The first-order valence-electron chi connectivity index (χ1n) is 12.2. The number of ether oxygens (including phenoxy) is 2. The van der Waals surface area contributed by atoms with Gasteiger partial charge in [0, 0.05) is 26.2 Å². The van der Waals surface area contributed by atoms with E-state index in [0.29, 0.717) is 18.8 Å². The molecule has 1 aromatic rings. The summed E-state index contributed by atoms with van der Waals surface area (Å²) in [5, 5.41) is 5.10. The number of hydrogen-bond acceptors (Lipinski definition) is 8. The summed E-state index contributed by atoms with van der Waals surface area (Å²) in [6.07, 6.45) is 1.92. The van der Waals surface area contributed by atoms with E-state index in [2.05, 4.69) is 10.6 Å². The van der Waals surface area contributed by atoms with Crippen molar-refractivity contribution in [1.82, 2.24) is 14.9 Å². The second kappa shape index (κ2) is 11.7. The minimum absolute atomic E-state index is 0.00341. The number of sulfonamides is 1. The smallest absolute Gasteiger partial charge is 0.340 e. The molecule has 0 spiro atoms. The molecule has 2 amide bonds. The third kappa shape index (κ3) is 5.81. The zero-order valence-corrected chi connectivity index (χ0v) is 21.9. The maximum Gasteiger partial charge on any atom is 0.340 e. The van der Waals surface area contributed by atoms with E-state index in [1.807, 2.05) is 4.90 Å². The van der Waals surface area contributed by atoms with Crippen LogP contribution in [0.5, 0.6) is 0 Å². The minimum Gasteiger partial charge on any atom is -0.463 e. The number of hydrogen-bond donors (Lipinski definition) is 2. The molecular formula is C24H34N4O7S. The van der Waals surface area contributed by atoms with Gasteiger partial charge in [-0.3, -0.25) is 0 Å². The van der Waals surface area contributed by atoms with Crippen LogP contribution in [0.2, 0.25) is 0 Å². The van der Waals surface area contributed by atoms with E-state index in [9.17, 15) is 22.8 Å². The SMILES string of the molecule is CCOC(=O)C1=C(COC(=O)c2cc(S(=O)(=O)N(CC)CC)ccc2N2CCCC2)NC(=O)NC1C. The molecule has 2 aliphatic rings. The molecule has 198 valence electrons. The van der Waals surface area contributed by atoms with Crippen LogP contribution in [-0.2, 0) is 24.3 Å². The van der Waals surface area contributed by atoms with E-state index in [1.165, 1.54) is 16.4 Å². The number of rotatable bonds is 10. The zero-order chi connectivity index (χ0) is 26.5. The molecule has 12 heteroatoms. The second-order valence-electron chi connectivity index (χ2n) is 8.47. The van der Waals surface area contributed by atoms with Crippen molar-refractivity contribution in [2.45, 2.75) is 51.5 Å². The number of urea groups is 1. The maximum absolute atomic E-state index is 13.3. The van der Waals surface area contributed by atoms with Crippen LogP contribution >= 0.6 is 0 Å². The van der Waals surface area contributed by atoms with Gasteiger partial charge < -0.3 is 25.0 Å². The Hall–Kier alpha value is -3.12. The number of benzene rings is 1. The average Bonchev–Trinajstić information content (AvgIpc) is 3.37. The van der Waals surface area contributed by atoms with Gasteiger partial charge in [-0.25, -0.2) is 22.8 Å². The van der Waals surface area contributed by atoms with Crippen LogP contribution in [0, 0.1) is 0 Å². The molecule has 36 heavy (non-hydrogen) atoms. The fourth-order valence-corrected chi connectivity index (χ4v) is 5.88. The summed E-state index contributed by atoms with van der Waals surface area (Å²) < 4.78 is 38.1. The standard InChI is InChI=1S/C24H34N4O7S/c1-5-28(6-2)36(32,33)17-10-11-20(27-12-8-9-13-27)18(14-17)22(29)35-15-19-21(23(30)34-7-3)16(4)25-24(31)26-19/h10-11,14,16H,5-9,12-13,15H2,1-4H3,(H2,25,26,31). The van der Waals surface area contributed by atoms with Crippen LogP contribution in [0.3, 0.4) is 0 Å². The van der Waals surface area contributed by atoms with Crippen LogP contribution in [0.1, 0.15) is 50.9 Å². The number of esters is 2. The molecule has 1 fully saturated rings. The summed E-state index contributed by atoms with van der Waals surface area (Å²) in [7, 11) is -3.80. The van der Waals surface area contributed by atoms with Gasteiger partial charge in [-0.05, 0) is 44.9 Å². The number of amides is 2. The van der Waals surface area contributed by atoms with Crippen molar-refractivity contribution < 1.29 is 32.3 Å². The Kier molecular flexibility index (Phi) is 8.96. The first-order chi connectivity index (χ1) is 17.1. The number of nitrogens with zero attached hydrogens (tertiary/aromatic N) is 2. The third-order valence-electron chi connectivity index (χ3n) is 6.19. The molecule has 1 saturated heterocycles. The largest absolute Gasteiger partial charge is 0.463 e. The van der Waals surface area contributed by atoms with Crippen molar-refractivity contribution in [3.63, 3.8) is 0 Å². The summed E-state index contributed by atoms with van der Waals surface area (Å²) in [6, 6.07) is 3.30. The fraction of sp³-hybridized carbons (Fsp3) is 0.542. The van der Waals surface area contributed by atoms with Crippen LogP contribution in [0.25, 0.3) is 0 Å². The minimum atomic E-state index is -3.80. The van der Waals surface area contributed by atoms with E-state index >= 15 is 0 Å². The first kappa shape index (κ1) is 27.5. The van der Waals surface area contributed by atoms with Gasteiger partial charge in [0.1, 0.15) is 6.61 Å². The molecule has 1 aromatic carbocycles. The van der Waals surface area contributed by atoms with Crippen molar-refractivity contribution in [3.8, 4) is 0 Å². The van der Waals surface area contributed by atoms with Gasteiger partial charge >= 0.3 is 18.0 Å². The van der Waals surface area contributed by atoms with Gasteiger partial charge in [0.15, 0.2) is 0 Å². The predicted octanol–water partition coefficient (Wildman–Crippen LogP) is 1.99. The summed E-state index contributed by atoms with van der Waals surface area (Å²) in [4.78, 5) is 39.8. The Morgan fingerprint density at radius 2 is 1.75 bits per heavy atom. The number of anilines is 1. The van der Waals surface area contributed by atoms with Gasteiger partial charge in [0.25, 0.3) is 0 Å². The van der Waals surface area contributed by atoms with E-state index in [1.54, 1.807) is 33.8 Å². The molecule has 11 nitrogen and oxygen atoms in total. The molecule has 2 heterocycles. The molecule has 2 aliphatic heterocycles. The molecule has 1 unspecified atom stereocenters. The van der Waals surface area contributed by atoms with Gasteiger partial charge in [-0.1, -0.05) is 13.8 Å². The lowest BCUT2D eigenvalue weighted by Crippen LogP contribution is -2.50. The van der Waals surface area contributed by atoms with Gasteiger partial charge in [-0.15, -0.1) is 0 Å². The lowest BCUT2D eigenvalue weighted by molar-refractivity contribution is -0.139. The van der Waals surface area contributed by atoms with E-state index in [-0.39, 0.29) is 28.3 Å². The monoisotopic (exact) mass is 522 g/mol. The van der Waals surface area contributed by atoms with Gasteiger partial charge in [0.05, 0.1) is 40.1 Å². The summed E-state index contributed by atoms with van der Waals surface area (Å²) >= 11 is 0. The average molecular weight is 523 g/mol. The Balaban J connectivity index is 1.95. The highest BCUT2D eigenvalue weighted by Crippen LogP contribution is 2.29. The van der Waals surface area contributed by atoms with Crippen LogP contribution in [0.15, 0.2) is 34.4 Å². The highest BCUT2D eigenvalue weighted by atomic mass is 32.2. The fourth-order valence-electron chi connectivity index (χ4n) is 4.39. The van der Waals surface area contributed by atoms with E-state index < -0.39 is 40.6 Å². The highest BCUT2D eigenvalue weighted by molar-refractivity contribution is 7.89. The van der Waals surface area contributed by atoms with Crippen molar-refractivity contribution in [1.29, 1.82) is 0 Å². The number of carbonyl (C=O) groups is 3. The summed E-state index contributed by atoms with van der Waals surface area (Å²) in [5.41, 5.74) is 0.963. The predicted molar refractivity (Wildman–Crippen MR) is 133 cm³/mol. The molecule has 3 rings (SSSR count). The van der Waals surface area contributed by atoms with Crippen molar-refractivity contribution >= 4 is 33.7 Å². The van der Waals surface area contributed by atoms with E-state index in [0.717, 1.165) is 25.9 Å². The molecule has 2 N–H and O–H groups in total. The van der Waals surface area contributed by atoms with Crippen LogP contribution < -0.4 is 15.5 Å². The van der Waals surface area contributed by atoms with Crippen LogP contribution in [-0.4, -0.2) is 76.1 Å². The molecule has 1 atom stereocenters. The summed E-state index contributed by atoms with van der Waals surface area (Å²) in [5.74, 6) is -1.39. The number of nitrogens with one attached hydrogen (secondary N) is 2. The lowest BCUT2D eigenvalue weighted by Gasteiger charge is -2.27. The molecule has 0 aliphatic carbocycles. The Morgan fingerprint density at radius 1 is 1.08 bits per heavy atom. The van der Waals surface area contributed by atoms with Gasteiger partial charge in [-0.2, -0.15) is 4.31 Å². The van der Waals surface area contributed by atoms with E-state index in [4.69, 9.17) is 9.47 Å². The Labute approximate surface area is 211 Å². The molecule has 0 saturated carbocycles. The highest BCUT2D eigenvalue weighted by Gasteiger charge is 2.31. The molecule has 0 bridgehead atoms. The quantitative estimate of drug-likeness (QED) is 0.446.